The zero-order valence-corrected chi connectivity index (χ0v) is 8.27. The minimum Gasteiger partial charge on any atom is -0.265 e. The van der Waals surface area contributed by atoms with E-state index >= 15 is 0 Å². The van der Waals surface area contributed by atoms with Gasteiger partial charge < -0.3 is 0 Å². The van der Waals surface area contributed by atoms with E-state index in [1.54, 1.807) is 24.8 Å². The molecule has 0 saturated carbocycles. The van der Waals surface area contributed by atoms with Crippen molar-refractivity contribution in [2.45, 2.75) is 0 Å². The molecule has 0 aromatic carbocycles. The Hall–Kier alpha value is -1.29. The van der Waals surface area contributed by atoms with Gasteiger partial charge in [0.1, 0.15) is 4.60 Å². The van der Waals surface area contributed by atoms with Gasteiger partial charge in [-0.1, -0.05) is 0 Å². The van der Waals surface area contributed by atoms with E-state index in [-0.39, 0.29) is 0 Å². The number of halogens is 1. The second kappa shape index (κ2) is 3.62. The van der Waals surface area contributed by atoms with E-state index in [2.05, 4.69) is 30.9 Å². The first-order chi connectivity index (χ1) is 6.36. The molecule has 2 aromatic rings. The topological polar surface area (TPSA) is 38.7 Å². The van der Waals surface area contributed by atoms with Crippen LogP contribution in [0.15, 0.2) is 41.5 Å². The number of hydrogen-bond acceptors (Lipinski definition) is 3. The third kappa shape index (κ3) is 1.89. The van der Waals surface area contributed by atoms with E-state index in [4.69, 9.17) is 0 Å². The molecule has 4 heteroatoms. The summed E-state index contributed by atoms with van der Waals surface area (Å²) in [6.07, 6.45) is 6.85. The molecule has 64 valence electrons. The highest BCUT2D eigenvalue weighted by atomic mass is 79.9. The minimum atomic E-state index is 0.738. The molecule has 2 rings (SSSR count). The largest absolute Gasteiger partial charge is 0.265 e. The van der Waals surface area contributed by atoms with Crippen molar-refractivity contribution < 1.29 is 0 Å². The lowest BCUT2D eigenvalue weighted by atomic mass is 10.2. The Labute approximate surface area is 84.0 Å². The molecule has 0 bridgehead atoms. The Morgan fingerprint density at radius 1 is 1.00 bits per heavy atom. The molecule has 3 nitrogen and oxygen atoms in total. The van der Waals surface area contributed by atoms with Gasteiger partial charge in [0.2, 0.25) is 0 Å². The van der Waals surface area contributed by atoms with Crippen LogP contribution in [-0.2, 0) is 0 Å². The maximum absolute atomic E-state index is 4.27. The minimum absolute atomic E-state index is 0.738. The number of nitrogens with zero attached hydrogens (tertiary/aromatic N) is 3. The van der Waals surface area contributed by atoms with E-state index < -0.39 is 0 Å². The summed E-state index contributed by atoms with van der Waals surface area (Å²) < 4.78 is 0.738. The fourth-order valence-electron chi connectivity index (χ4n) is 1.00. The molecular weight excluding hydrogens is 230 g/mol. The smallest absolute Gasteiger partial charge is 0.125 e. The average molecular weight is 236 g/mol. The van der Waals surface area contributed by atoms with Crippen molar-refractivity contribution in [3.05, 3.63) is 41.5 Å². The molecule has 2 aromatic heterocycles. The number of pyridine rings is 1. The van der Waals surface area contributed by atoms with Gasteiger partial charge in [-0.05, 0) is 28.1 Å². The first-order valence-corrected chi connectivity index (χ1v) is 4.53. The molecule has 0 unspecified atom stereocenters. The molecule has 0 fully saturated rings. The van der Waals surface area contributed by atoms with Crippen LogP contribution >= 0.6 is 15.9 Å². The maximum Gasteiger partial charge on any atom is 0.125 e. The fraction of sp³-hybridized carbons (Fsp3) is 0. The SMILES string of the molecule is Brc1cncc(-c2ccncc2)n1. The third-order valence-corrected chi connectivity index (χ3v) is 1.96. The summed E-state index contributed by atoms with van der Waals surface area (Å²) in [4.78, 5) is 12.2. The molecule has 0 aliphatic carbocycles. The number of aromatic nitrogens is 3. The Morgan fingerprint density at radius 3 is 2.46 bits per heavy atom. The predicted octanol–water partition coefficient (Wildman–Crippen LogP) is 2.30. The number of rotatable bonds is 1. The van der Waals surface area contributed by atoms with Gasteiger partial charge in [0.15, 0.2) is 0 Å². The van der Waals surface area contributed by atoms with Crippen LogP contribution in [0.2, 0.25) is 0 Å². The normalized spacial score (nSPS) is 9.92. The van der Waals surface area contributed by atoms with E-state index in [9.17, 15) is 0 Å². The molecule has 0 spiro atoms. The van der Waals surface area contributed by atoms with E-state index in [1.165, 1.54) is 0 Å². The Morgan fingerprint density at radius 2 is 1.77 bits per heavy atom. The third-order valence-electron chi connectivity index (χ3n) is 1.58. The summed E-state index contributed by atoms with van der Waals surface area (Å²) in [6.45, 7) is 0. The molecule has 0 aliphatic rings. The van der Waals surface area contributed by atoms with Crippen molar-refractivity contribution in [2.75, 3.05) is 0 Å². The van der Waals surface area contributed by atoms with Gasteiger partial charge >= 0.3 is 0 Å². The van der Waals surface area contributed by atoms with Crippen LogP contribution in [0.4, 0.5) is 0 Å². The van der Waals surface area contributed by atoms with Gasteiger partial charge in [-0.15, -0.1) is 0 Å². The first kappa shape index (κ1) is 8.31. The van der Waals surface area contributed by atoms with Gasteiger partial charge in [0, 0.05) is 18.0 Å². The Kier molecular flexibility index (Phi) is 2.31. The predicted molar refractivity (Wildman–Crippen MR) is 53.0 cm³/mol. The maximum atomic E-state index is 4.27. The van der Waals surface area contributed by atoms with Crippen molar-refractivity contribution in [1.29, 1.82) is 0 Å². The van der Waals surface area contributed by atoms with Crippen LogP contribution in [0.25, 0.3) is 11.3 Å². The highest BCUT2D eigenvalue weighted by Crippen LogP contribution is 2.16. The zero-order valence-electron chi connectivity index (χ0n) is 6.68. The average Bonchev–Trinajstić information content (AvgIpc) is 2.19. The van der Waals surface area contributed by atoms with Gasteiger partial charge in [-0.25, -0.2) is 4.98 Å². The lowest BCUT2D eigenvalue weighted by molar-refractivity contribution is 1.17. The van der Waals surface area contributed by atoms with Gasteiger partial charge in [-0.3, -0.25) is 9.97 Å². The quantitative estimate of drug-likeness (QED) is 0.762. The van der Waals surface area contributed by atoms with Gasteiger partial charge in [-0.2, -0.15) is 0 Å². The summed E-state index contributed by atoms with van der Waals surface area (Å²) >= 11 is 3.27. The van der Waals surface area contributed by atoms with E-state index in [0.29, 0.717) is 0 Å². The highest BCUT2D eigenvalue weighted by Gasteiger charge is 1.98. The summed E-state index contributed by atoms with van der Waals surface area (Å²) in [5, 5.41) is 0. The van der Waals surface area contributed by atoms with Crippen LogP contribution < -0.4 is 0 Å². The second-order valence-corrected chi connectivity index (χ2v) is 3.28. The van der Waals surface area contributed by atoms with Crippen molar-refractivity contribution >= 4 is 15.9 Å². The molecule has 0 atom stereocenters. The molecule has 0 amide bonds. The van der Waals surface area contributed by atoms with E-state index in [0.717, 1.165) is 15.9 Å². The van der Waals surface area contributed by atoms with Crippen molar-refractivity contribution in [3.8, 4) is 11.3 Å². The first-order valence-electron chi connectivity index (χ1n) is 3.74. The zero-order chi connectivity index (χ0) is 9.10. The monoisotopic (exact) mass is 235 g/mol. The van der Waals surface area contributed by atoms with Crippen LogP contribution in [0.3, 0.4) is 0 Å². The molecule has 2 heterocycles. The van der Waals surface area contributed by atoms with Crippen molar-refractivity contribution in [3.63, 3.8) is 0 Å². The van der Waals surface area contributed by atoms with Crippen LogP contribution in [0.5, 0.6) is 0 Å². The van der Waals surface area contributed by atoms with E-state index in [1.807, 2.05) is 12.1 Å². The molecule has 0 aliphatic heterocycles. The number of hydrogen-bond donors (Lipinski definition) is 0. The summed E-state index contributed by atoms with van der Waals surface area (Å²) in [6, 6.07) is 3.80. The van der Waals surface area contributed by atoms with Crippen LogP contribution in [-0.4, -0.2) is 15.0 Å². The summed E-state index contributed by atoms with van der Waals surface area (Å²) in [7, 11) is 0. The fourth-order valence-corrected chi connectivity index (χ4v) is 1.31. The molecule has 0 radical (unpaired) electrons. The molecule has 13 heavy (non-hydrogen) atoms. The molecule has 0 N–H and O–H groups in total. The van der Waals surface area contributed by atoms with Crippen LogP contribution in [0.1, 0.15) is 0 Å². The van der Waals surface area contributed by atoms with Crippen molar-refractivity contribution in [1.82, 2.24) is 15.0 Å². The highest BCUT2D eigenvalue weighted by molar-refractivity contribution is 9.10. The summed E-state index contributed by atoms with van der Waals surface area (Å²) in [5.74, 6) is 0. The summed E-state index contributed by atoms with van der Waals surface area (Å²) in [5.41, 5.74) is 1.86. The standard InChI is InChI=1S/C9H6BrN3/c10-9-6-12-5-8(13-9)7-1-3-11-4-2-7/h1-6H. The molecular formula is C9H6BrN3. The Balaban J connectivity index is 2.48. The Bertz CT molecular complexity index is 403. The lowest BCUT2D eigenvalue weighted by Crippen LogP contribution is -1.85. The lowest BCUT2D eigenvalue weighted by Gasteiger charge is -1.98. The molecule has 0 saturated heterocycles. The second-order valence-electron chi connectivity index (χ2n) is 2.46. The van der Waals surface area contributed by atoms with Gasteiger partial charge in [0.25, 0.3) is 0 Å². The van der Waals surface area contributed by atoms with Crippen molar-refractivity contribution in [2.24, 2.45) is 0 Å². The van der Waals surface area contributed by atoms with Crippen LogP contribution in [0, 0.1) is 0 Å². The van der Waals surface area contributed by atoms with Gasteiger partial charge in [0.05, 0.1) is 18.1 Å².